The first-order valence-corrected chi connectivity index (χ1v) is 7.63. The standard InChI is InChI=1S/C18H15F3N2O4/c1-11(26-15-8-3-12(10-22)9-16(15)25-2)17(24)23-13-4-6-14(7-5-13)27-18(19,20)21/h3-9,11H,1-2H3,(H,23,24)/t11-/m0/s1. The first-order valence-electron chi connectivity index (χ1n) is 7.63. The zero-order chi connectivity index (χ0) is 20.0. The van der Waals surface area contributed by atoms with Crippen LogP contribution in [0.1, 0.15) is 12.5 Å². The Balaban J connectivity index is 2.01. The van der Waals surface area contributed by atoms with Crippen LogP contribution in [0.2, 0.25) is 0 Å². The van der Waals surface area contributed by atoms with Gasteiger partial charge in [-0.25, -0.2) is 0 Å². The Morgan fingerprint density at radius 2 is 1.81 bits per heavy atom. The number of hydrogen-bond donors (Lipinski definition) is 1. The van der Waals surface area contributed by atoms with E-state index in [1.165, 1.54) is 44.4 Å². The Bertz CT molecular complexity index is 845. The van der Waals surface area contributed by atoms with E-state index in [1.54, 1.807) is 0 Å². The van der Waals surface area contributed by atoms with E-state index >= 15 is 0 Å². The molecule has 142 valence electrons. The van der Waals surface area contributed by atoms with Crippen molar-refractivity contribution in [2.24, 2.45) is 0 Å². The summed E-state index contributed by atoms with van der Waals surface area (Å²) in [6.07, 6.45) is -5.72. The molecule has 0 spiro atoms. The largest absolute Gasteiger partial charge is 0.573 e. The minimum Gasteiger partial charge on any atom is -0.493 e. The lowest BCUT2D eigenvalue weighted by Crippen LogP contribution is -2.30. The molecule has 0 aliphatic heterocycles. The lowest BCUT2D eigenvalue weighted by molar-refractivity contribution is -0.274. The third kappa shape index (κ3) is 5.81. The van der Waals surface area contributed by atoms with E-state index in [2.05, 4.69) is 10.1 Å². The summed E-state index contributed by atoms with van der Waals surface area (Å²) < 4.78 is 50.8. The molecule has 2 aromatic carbocycles. The molecule has 9 heteroatoms. The molecular formula is C18H15F3N2O4. The van der Waals surface area contributed by atoms with Crippen molar-refractivity contribution in [1.82, 2.24) is 0 Å². The summed E-state index contributed by atoms with van der Waals surface area (Å²) in [7, 11) is 1.40. The fourth-order valence-electron chi connectivity index (χ4n) is 2.06. The molecular weight excluding hydrogens is 365 g/mol. The lowest BCUT2D eigenvalue weighted by atomic mass is 10.2. The third-order valence-electron chi connectivity index (χ3n) is 3.32. The number of carbonyl (C=O) groups excluding carboxylic acids is 1. The maximum atomic E-state index is 12.2. The number of methoxy groups -OCH3 is 1. The minimum absolute atomic E-state index is 0.271. The Hall–Kier alpha value is -3.41. The van der Waals surface area contributed by atoms with E-state index in [-0.39, 0.29) is 11.4 Å². The van der Waals surface area contributed by atoms with Crippen LogP contribution in [0.25, 0.3) is 0 Å². The normalized spacial score (nSPS) is 11.9. The first-order chi connectivity index (χ1) is 12.7. The number of amides is 1. The van der Waals surface area contributed by atoms with Gasteiger partial charge < -0.3 is 19.5 Å². The van der Waals surface area contributed by atoms with Crippen LogP contribution in [-0.2, 0) is 4.79 Å². The average Bonchev–Trinajstić information content (AvgIpc) is 2.62. The van der Waals surface area contributed by atoms with E-state index in [1.807, 2.05) is 6.07 Å². The number of anilines is 1. The van der Waals surface area contributed by atoms with Crippen LogP contribution < -0.4 is 19.5 Å². The second-order valence-corrected chi connectivity index (χ2v) is 5.30. The zero-order valence-electron chi connectivity index (χ0n) is 14.3. The Morgan fingerprint density at radius 3 is 2.37 bits per heavy atom. The molecule has 0 saturated heterocycles. The summed E-state index contributed by atoms with van der Waals surface area (Å²) in [5.74, 6) is -0.353. The zero-order valence-corrected chi connectivity index (χ0v) is 14.3. The molecule has 1 amide bonds. The number of ether oxygens (including phenoxy) is 3. The van der Waals surface area contributed by atoms with Gasteiger partial charge in [-0.15, -0.1) is 13.2 Å². The van der Waals surface area contributed by atoms with Crippen molar-refractivity contribution in [1.29, 1.82) is 5.26 Å². The van der Waals surface area contributed by atoms with Crippen molar-refractivity contribution in [3.8, 4) is 23.3 Å². The van der Waals surface area contributed by atoms with Crippen molar-refractivity contribution in [2.45, 2.75) is 19.4 Å². The molecule has 0 fully saturated rings. The number of nitrogens with one attached hydrogen (secondary N) is 1. The van der Waals surface area contributed by atoms with Gasteiger partial charge in [-0.1, -0.05) is 0 Å². The smallest absolute Gasteiger partial charge is 0.493 e. The number of hydrogen-bond acceptors (Lipinski definition) is 5. The highest BCUT2D eigenvalue weighted by molar-refractivity contribution is 5.94. The quantitative estimate of drug-likeness (QED) is 0.823. The molecule has 0 bridgehead atoms. The summed E-state index contributed by atoms with van der Waals surface area (Å²) in [5.41, 5.74) is 0.647. The summed E-state index contributed by atoms with van der Waals surface area (Å²) >= 11 is 0. The summed E-state index contributed by atoms with van der Waals surface area (Å²) in [6, 6.07) is 11.2. The van der Waals surface area contributed by atoms with Crippen molar-refractivity contribution >= 4 is 11.6 Å². The highest BCUT2D eigenvalue weighted by Gasteiger charge is 2.31. The maximum Gasteiger partial charge on any atom is 0.573 e. The van der Waals surface area contributed by atoms with Crippen LogP contribution in [0.3, 0.4) is 0 Å². The van der Waals surface area contributed by atoms with Crippen LogP contribution >= 0.6 is 0 Å². The molecule has 0 aliphatic carbocycles. The monoisotopic (exact) mass is 380 g/mol. The van der Waals surface area contributed by atoms with Crippen molar-refractivity contribution in [3.63, 3.8) is 0 Å². The van der Waals surface area contributed by atoms with Crippen molar-refractivity contribution in [3.05, 3.63) is 48.0 Å². The number of benzene rings is 2. The first kappa shape index (κ1) is 19.9. The van der Waals surface area contributed by atoms with Crippen LogP contribution in [0, 0.1) is 11.3 Å². The van der Waals surface area contributed by atoms with Gasteiger partial charge in [0, 0.05) is 11.8 Å². The van der Waals surface area contributed by atoms with Gasteiger partial charge >= 0.3 is 6.36 Å². The van der Waals surface area contributed by atoms with Gasteiger partial charge in [-0.3, -0.25) is 4.79 Å². The predicted octanol–water partition coefficient (Wildman–Crippen LogP) is 3.87. The second-order valence-electron chi connectivity index (χ2n) is 5.30. The van der Waals surface area contributed by atoms with Gasteiger partial charge in [0.2, 0.25) is 0 Å². The predicted molar refractivity (Wildman–Crippen MR) is 89.6 cm³/mol. The molecule has 0 aromatic heterocycles. The maximum absolute atomic E-state index is 12.2. The SMILES string of the molecule is COc1cc(C#N)ccc1O[C@@H](C)C(=O)Nc1ccc(OC(F)(F)F)cc1. The fourth-order valence-corrected chi connectivity index (χ4v) is 2.06. The van der Waals surface area contributed by atoms with E-state index in [9.17, 15) is 18.0 Å². The van der Waals surface area contributed by atoms with E-state index < -0.39 is 24.1 Å². The molecule has 0 heterocycles. The van der Waals surface area contributed by atoms with E-state index in [0.29, 0.717) is 11.3 Å². The Kier molecular flexibility index (Phi) is 6.13. The molecule has 1 N–H and O–H groups in total. The van der Waals surface area contributed by atoms with Crippen molar-refractivity contribution in [2.75, 3.05) is 12.4 Å². The van der Waals surface area contributed by atoms with Crippen molar-refractivity contribution < 1.29 is 32.2 Å². The summed E-state index contributed by atoms with van der Waals surface area (Å²) in [4.78, 5) is 12.2. The molecule has 0 radical (unpaired) electrons. The van der Waals surface area contributed by atoms with Gasteiger partial charge in [0.15, 0.2) is 17.6 Å². The molecule has 6 nitrogen and oxygen atoms in total. The molecule has 0 saturated carbocycles. The molecule has 2 aromatic rings. The highest BCUT2D eigenvalue weighted by atomic mass is 19.4. The van der Waals surface area contributed by atoms with E-state index in [4.69, 9.17) is 14.7 Å². The molecule has 0 aliphatic rings. The highest BCUT2D eigenvalue weighted by Crippen LogP contribution is 2.29. The summed E-state index contributed by atoms with van der Waals surface area (Å²) in [6.45, 7) is 1.49. The number of nitrogens with zero attached hydrogens (tertiary/aromatic N) is 1. The van der Waals surface area contributed by atoms with Crippen LogP contribution in [0.15, 0.2) is 42.5 Å². The number of rotatable bonds is 6. The number of nitriles is 1. The molecule has 1 atom stereocenters. The minimum atomic E-state index is -4.78. The van der Waals surface area contributed by atoms with Gasteiger partial charge in [-0.2, -0.15) is 5.26 Å². The Labute approximate surface area is 153 Å². The molecule has 27 heavy (non-hydrogen) atoms. The topological polar surface area (TPSA) is 80.6 Å². The van der Waals surface area contributed by atoms with Gasteiger partial charge in [0.25, 0.3) is 5.91 Å². The lowest BCUT2D eigenvalue weighted by Gasteiger charge is -2.17. The van der Waals surface area contributed by atoms with Gasteiger partial charge in [0.1, 0.15) is 5.75 Å². The fraction of sp³-hybridized carbons (Fsp3) is 0.222. The van der Waals surface area contributed by atoms with Crippen LogP contribution in [0.4, 0.5) is 18.9 Å². The van der Waals surface area contributed by atoms with E-state index in [0.717, 1.165) is 12.1 Å². The number of halogens is 3. The van der Waals surface area contributed by atoms with Crippen LogP contribution in [0.5, 0.6) is 17.2 Å². The average molecular weight is 380 g/mol. The molecule has 0 unspecified atom stereocenters. The third-order valence-corrected chi connectivity index (χ3v) is 3.32. The van der Waals surface area contributed by atoms with Gasteiger partial charge in [-0.05, 0) is 43.3 Å². The van der Waals surface area contributed by atoms with Gasteiger partial charge in [0.05, 0.1) is 18.7 Å². The summed E-state index contributed by atoms with van der Waals surface area (Å²) in [5, 5.41) is 11.4. The second kappa shape index (κ2) is 8.31. The molecule has 2 rings (SSSR count). The number of alkyl halides is 3. The number of carbonyl (C=O) groups is 1. The Morgan fingerprint density at radius 1 is 1.15 bits per heavy atom. The van der Waals surface area contributed by atoms with Crippen LogP contribution in [-0.4, -0.2) is 25.5 Å².